The van der Waals surface area contributed by atoms with Gasteiger partial charge in [-0.15, -0.1) is 0 Å². The summed E-state index contributed by atoms with van der Waals surface area (Å²) in [7, 11) is 0. The molecule has 0 aliphatic heterocycles. The van der Waals surface area contributed by atoms with Gasteiger partial charge >= 0.3 is 5.97 Å². The number of hydrogen-bond donors (Lipinski definition) is 0. The number of ether oxygens (including phenoxy) is 1. The van der Waals surface area contributed by atoms with Crippen LogP contribution in [-0.4, -0.2) is 5.97 Å². The molecule has 1 aromatic carbocycles. The van der Waals surface area contributed by atoms with Gasteiger partial charge in [-0.25, -0.2) is 0 Å². The van der Waals surface area contributed by atoms with Gasteiger partial charge in [-0.05, 0) is 24.3 Å². The quantitative estimate of drug-likeness (QED) is 0.453. The van der Waals surface area contributed by atoms with Gasteiger partial charge in [-0.2, -0.15) is 0 Å². The van der Waals surface area contributed by atoms with Crippen molar-refractivity contribution in [3.8, 4) is 11.5 Å². The number of benzene rings is 1. The van der Waals surface area contributed by atoms with E-state index in [0.717, 1.165) is 0 Å². The summed E-state index contributed by atoms with van der Waals surface area (Å²) in [5.74, 6) is -0.0818. The highest BCUT2D eigenvalue weighted by molar-refractivity contribution is 5.69. The molecular weight excluding hydrogens is 144 g/mol. The highest BCUT2D eigenvalue weighted by Gasteiger charge is 1.96. The van der Waals surface area contributed by atoms with Gasteiger partial charge in [0.05, 0.1) is 0 Å². The molecule has 0 spiro atoms. The molecule has 0 saturated heterocycles. The molecule has 1 rings (SSSR count). The number of carbonyl (C=O) groups is 1. The first-order valence-corrected chi connectivity index (χ1v) is 3.14. The monoisotopic (exact) mass is 151 g/mol. The van der Waals surface area contributed by atoms with Crippen molar-refractivity contribution in [2.45, 2.75) is 6.92 Å². The molecule has 0 aliphatic rings. The third-order valence-electron chi connectivity index (χ3n) is 1.09. The van der Waals surface area contributed by atoms with E-state index in [-0.39, 0.29) is 11.7 Å². The van der Waals surface area contributed by atoms with Gasteiger partial charge in [0.1, 0.15) is 5.75 Å². The Morgan fingerprint density at radius 3 is 2.27 bits per heavy atom. The van der Waals surface area contributed by atoms with E-state index in [1.54, 1.807) is 0 Å². The van der Waals surface area contributed by atoms with Gasteiger partial charge in [0.15, 0.2) is 5.75 Å². The van der Waals surface area contributed by atoms with Crippen LogP contribution >= 0.6 is 0 Å². The summed E-state index contributed by atoms with van der Waals surface area (Å²) < 4.78 is 4.69. The SMILES string of the molecule is CC(=O)Oc1ccc([O])cc1. The number of carbonyl (C=O) groups excluding carboxylic acids is 1. The first kappa shape index (κ1) is 7.60. The Morgan fingerprint density at radius 1 is 1.27 bits per heavy atom. The van der Waals surface area contributed by atoms with Gasteiger partial charge < -0.3 is 4.74 Å². The molecule has 0 aromatic heterocycles. The maximum absolute atomic E-state index is 10.6. The summed E-state index contributed by atoms with van der Waals surface area (Å²) >= 11 is 0. The lowest BCUT2D eigenvalue weighted by molar-refractivity contribution is -0.131. The summed E-state index contributed by atoms with van der Waals surface area (Å²) in [5.41, 5.74) is 0. The largest absolute Gasteiger partial charge is 0.427 e. The van der Waals surface area contributed by atoms with Crippen molar-refractivity contribution in [3.63, 3.8) is 0 Å². The van der Waals surface area contributed by atoms with E-state index in [1.165, 1.54) is 31.2 Å². The van der Waals surface area contributed by atoms with Crippen molar-refractivity contribution in [1.29, 1.82) is 0 Å². The van der Waals surface area contributed by atoms with Crippen LogP contribution in [0.25, 0.3) is 0 Å². The topological polar surface area (TPSA) is 46.2 Å². The normalized spacial score (nSPS) is 9.18. The van der Waals surface area contributed by atoms with Crippen LogP contribution in [0.5, 0.6) is 11.5 Å². The molecule has 3 heteroatoms. The number of hydrogen-bond acceptors (Lipinski definition) is 2. The highest BCUT2D eigenvalue weighted by atomic mass is 16.5. The van der Waals surface area contributed by atoms with Crippen LogP contribution in [0.2, 0.25) is 0 Å². The average molecular weight is 151 g/mol. The molecule has 3 nitrogen and oxygen atoms in total. The van der Waals surface area contributed by atoms with Gasteiger partial charge in [0.2, 0.25) is 0 Å². The van der Waals surface area contributed by atoms with Crippen molar-refractivity contribution in [3.05, 3.63) is 24.3 Å². The molecule has 0 fully saturated rings. The van der Waals surface area contributed by atoms with Crippen LogP contribution in [0, 0.1) is 0 Å². The maximum atomic E-state index is 10.6. The van der Waals surface area contributed by atoms with E-state index >= 15 is 0 Å². The molecule has 1 aromatic rings. The van der Waals surface area contributed by atoms with Gasteiger partial charge in [0, 0.05) is 6.92 Å². The molecule has 1 radical (unpaired) electrons. The molecule has 0 unspecified atom stereocenters. The fraction of sp³-hybridized carbons (Fsp3) is 0.125. The van der Waals surface area contributed by atoms with Crippen LogP contribution in [0.3, 0.4) is 0 Å². The average Bonchev–Trinajstić information content (AvgIpc) is 1.93. The summed E-state index contributed by atoms with van der Waals surface area (Å²) in [4.78, 5) is 10.4. The Labute approximate surface area is 64.2 Å². The van der Waals surface area contributed by atoms with E-state index in [0.29, 0.717) is 5.75 Å². The summed E-state index contributed by atoms with van der Waals surface area (Å²) in [5, 5.41) is 10.6. The molecule has 0 N–H and O–H groups in total. The van der Waals surface area contributed by atoms with Gasteiger partial charge in [0.25, 0.3) is 0 Å². The predicted molar refractivity (Wildman–Crippen MR) is 37.9 cm³/mol. The van der Waals surface area contributed by atoms with Crippen molar-refractivity contribution in [2.75, 3.05) is 0 Å². The van der Waals surface area contributed by atoms with E-state index in [4.69, 9.17) is 4.74 Å². The summed E-state index contributed by atoms with van der Waals surface area (Å²) in [6.45, 7) is 1.31. The third-order valence-corrected chi connectivity index (χ3v) is 1.09. The third kappa shape index (κ3) is 2.29. The van der Waals surface area contributed by atoms with Crippen LogP contribution in [0.4, 0.5) is 0 Å². The Kier molecular flexibility index (Phi) is 2.11. The maximum Gasteiger partial charge on any atom is 0.308 e. The second kappa shape index (κ2) is 3.05. The molecular formula is C8H7O3. The van der Waals surface area contributed by atoms with Gasteiger partial charge in [-0.3, -0.25) is 9.90 Å². The minimum Gasteiger partial charge on any atom is -0.427 e. The number of rotatable bonds is 1. The Balaban J connectivity index is 2.74. The van der Waals surface area contributed by atoms with E-state index in [9.17, 15) is 9.90 Å². The summed E-state index contributed by atoms with van der Waals surface area (Å²) in [6, 6.07) is 5.62. The molecule has 0 aliphatic carbocycles. The Hall–Kier alpha value is -1.51. The minimum atomic E-state index is -0.386. The van der Waals surface area contributed by atoms with Gasteiger partial charge in [-0.1, -0.05) is 0 Å². The van der Waals surface area contributed by atoms with Crippen LogP contribution < -0.4 is 4.74 Å². The zero-order valence-corrected chi connectivity index (χ0v) is 6.03. The predicted octanol–water partition coefficient (Wildman–Crippen LogP) is 1.76. The van der Waals surface area contributed by atoms with Crippen LogP contribution in [-0.2, 0) is 9.90 Å². The van der Waals surface area contributed by atoms with Crippen LogP contribution in [0.15, 0.2) is 24.3 Å². The van der Waals surface area contributed by atoms with Crippen LogP contribution in [0.1, 0.15) is 6.92 Å². The lowest BCUT2D eigenvalue weighted by atomic mass is 10.3. The van der Waals surface area contributed by atoms with Crippen molar-refractivity contribution in [2.24, 2.45) is 0 Å². The summed E-state index contributed by atoms with van der Waals surface area (Å²) in [6.07, 6.45) is 0. The van der Waals surface area contributed by atoms with E-state index in [2.05, 4.69) is 0 Å². The molecule has 0 heterocycles. The van der Waals surface area contributed by atoms with Crippen molar-refractivity contribution < 1.29 is 14.6 Å². The molecule has 0 atom stereocenters. The molecule has 11 heavy (non-hydrogen) atoms. The minimum absolute atomic E-state index is 0.0964. The lowest BCUT2D eigenvalue weighted by Crippen LogP contribution is -2.00. The molecule has 0 amide bonds. The fourth-order valence-corrected chi connectivity index (χ4v) is 0.674. The highest BCUT2D eigenvalue weighted by Crippen LogP contribution is 2.16. The first-order valence-electron chi connectivity index (χ1n) is 3.14. The lowest BCUT2D eigenvalue weighted by Gasteiger charge is -1.98. The van der Waals surface area contributed by atoms with Crippen molar-refractivity contribution in [1.82, 2.24) is 0 Å². The smallest absolute Gasteiger partial charge is 0.308 e. The first-order chi connectivity index (χ1) is 5.18. The zero-order chi connectivity index (χ0) is 8.27. The molecule has 57 valence electrons. The zero-order valence-electron chi connectivity index (χ0n) is 6.03. The molecule has 0 saturated carbocycles. The number of esters is 1. The second-order valence-corrected chi connectivity index (χ2v) is 2.07. The standard InChI is InChI=1S/C8H7O3/c1-6(9)11-8-4-2-7(10)3-5-8/h2-5H,1H3. The Bertz CT molecular complexity index is 251. The second-order valence-electron chi connectivity index (χ2n) is 2.07. The van der Waals surface area contributed by atoms with E-state index < -0.39 is 0 Å². The Morgan fingerprint density at radius 2 is 1.82 bits per heavy atom. The van der Waals surface area contributed by atoms with E-state index in [1.807, 2.05) is 0 Å². The fourth-order valence-electron chi connectivity index (χ4n) is 0.674. The van der Waals surface area contributed by atoms with Crippen molar-refractivity contribution >= 4 is 5.97 Å². The molecule has 0 bridgehead atoms.